The first-order valence-electron chi connectivity index (χ1n) is 9.71. The minimum atomic E-state index is -0.457. The molecule has 2 atom stereocenters. The predicted molar refractivity (Wildman–Crippen MR) is 105 cm³/mol. The highest BCUT2D eigenvalue weighted by atomic mass is 16.1. The number of amides is 1. The number of likely N-dealkylation sites (tertiary alicyclic amines) is 2. The number of carbonyl (C=O) groups is 1. The average Bonchev–Trinajstić information content (AvgIpc) is 3.29. The topological polar surface area (TPSA) is 75.3 Å². The van der Waals surface area contributed by atoms with Gasteiger partial charge < -0.3 is 5.73 Å². The summed E-state index contributed by atoms with van der Waals surface area (Å²) in [7, 11) is 4.26. The number of nitrogens with zero attached hydrogens (tertiary/aromatic N) is 4. The summed E-state index contributed by atoms with van der Waals surface area (Å²) >= 11 is 0. The maximum atomic E-state index is 12.1. The maximum absolute atomic E-state index is 12.1. The minimum absolute atomic E-state index is 0.304. The van der Waals surface area contributed by atoms with Crippen molar-refractivity contribution < 1.29 is 4.79 Å². The van der Waals surface area contributed by atoms with E-state index in [-0.39, 0.29) is 0 Å². The van der Waals surface area contributed by atoms with Gasteiger partial charge in [-0.15, -0.1) is 0 Å². The monoisotopic (exact) mass is 365 g/mol. The van der Waals surface area contributed by atoms with Crippen LogP contribution >= 0.6 is 0 Å². The fourth-order valence-electron chi connectivity index (χ4n) is 4.46. The van der Waals surface area contributed by atoms with Gasteiger partial charge >= 0.3 is 0 Å². The lowest BCUT2D eigenvalue weighted by atomic mass is 10.0. The van der Waals surface area contributed by atoms with Crippen molar-refractivity contribution in [1.82, 2.24) is 19.8 Å². The molecule has 0 radical (unpaired) electrons. The molecular weight excluding hydrogens is 338 g/mol. The van der Waals surface area contributed by atoms with E-state index < -0.39 is 5.91 Å². The Morgan fingerprint density at radius 3 is 2.15 bits per heavy atom. The van der Waals surface area contributed by atoms with E-state index in [9.17, 15) is 4.79 Å². The number of nitrogens with two attached hydrogens (primary N) is 1. The van der Waals surface area contributed by atoms with Crippen molar-refractivity contribution in [3.8, 4) is 11.4 Å². The second-order valence-corrected chi connectivity index (χ2v) is 7.78. The van der Waals surface area contributed by atoms with Gasteiger partial charge in [-0.2, -0.15) is 0 Å². The van der Waals surface area contributed by atoms with E-state index in [0.29, 0.717) is 29.0 Å². The molecule has 0 aromatic carbocycles. The van der Waals surface area contributed by atoms with Crippen LogP contribution in [0, 0.1) is 0 Å². The summed E-state index contributed by atoms with van der Waals surface area (Å²) in [5, 5.41) is 0. The number of aromatic nitrogens is 2. The molecule has 2 N–H and O–H groups in total. The van der Waals surface area contributed by atoms with E-state index in [1.165, 1.54) is 12.0 Å². The maximum Gasteiger partial charge on any atom is 0.250 e. The van der Waals surface area contributed by atoms with Crippen LogP contribution in [0.5, 0.6) is 0 Å². The number of hydrogen-bond acceptors (Lipinski definition) is 5. The van der Waals surface area contributed by atoms with Gasteiger partial charge in [-0.25, -0.2) is 0 Å². The third kappa shape index (κ3) is 3.47. The molecule has 2 saturated heterocycles. The van der Waals surface area contributed by atoms with Gasteiger partial charge in [0, 0.05) is 24.5 Å². The van der Waals surface area contributed by atoms with Crippen molar-refractivity contribution in [2.45, 2.75) is 37.8 Å². The number of pyridine rings is 2. The van der Waals surface area contributed by atoms with Gasteiger partial charge in [0.1, 0.15) is 5.69 Å². The Kier molecular flexibility index (Phi) is 4.93. The Bertz CT molecular complexity index is 835. The second kappa shape index (κ2) is 7.37. The van der Waals surface area contributed by atoms with Crippen LogP contribution in [0.3, 0.4) is 0 Å². The van der Waals surface area contributed by atoms with E-state index in [1.54, 1.807) is 0 Å². The molecule has 0 bridgehead atoms. The summed E-state index contributed by atoms with van der Waals surface area (Å²) in [4.78, 5) is 25.9. The number of rotatable bonds is 4. The van der Waals surface area contributed by atoms with Gasteiger partial charge in [0.05, 0.1) is 11.3 Å². The Balaban J connectivity index is 1.65. The first-order valence-corrected chi connectivity index (χ1v) is 9.71. The lowest BCUT2D eigenvalue weighted by Crippen LogP contribution is -2.20. The largest absolute Gasteiger partial charge is 0.366 e. The van der Waals surface area contributed by atoms with Gasteiger partial charge in [0.2, 0.25) is 0 Å². The molecule has 2 aromatic heterocycles. The first kappa shape index (κ1) is 18.1. The molecule has 27 heavy (non-hydrogen) atoms. The van der Waals surface area contributed by atoms with E-state index in [2.05, 4.69) is 39.9 Å². The zero-order valence-corrected chi connectivity index (χ0v) is 16.1. The van der Waals surface area contributed by atoms with Gasteiger partial charge in [0.25, 0.3) is 5.91 Å². The van der Waals surface area contributed by atoms with Crippen molar-refractivity contribution in [3.63, 3.8) is 0 Å². The molecule has 2 unspecified atom stereocenters. The fraction of sp³-hybridized carbons (Fsp3) is 0.476. The number of carbonyl (C=O) groups excluding carboxylic acids is 1. The van der Waals surface area contributed by atoms with Crippen LogP contribution in [0.4, 0.5) is 0 Å². The number of primary amides is 1. The molecule has 1 amide bonds. The molecule has 6 heteroatoms. The van der Waals surface area contributed by atoms with Crippen LogP contribution in [0.1, 0.15) is 59.3 Å². The van der Waals surface area contributed by atoms with Crippen LogP contribution in [-0.4, -0.2) is 52.9 Å². The van der Waals surface area contributed by atoms with Gasteiger partial charge in [-0.1, -0.05) is 6.07 Å². The standard InChI is InChI=1S/C21H27N5O/c1-25-9-3-5-18(25)14-7-8-17(23-12-14)20-16(21(22)27)11-15(13-24-20)19-6-4-10-26(19)2/h7-8,11-13,18-19H,3-6,9-10H2,1-2H3,(H2,22,27). The third-order valence-corrected chi connectivity index (χ3v) is 6.01. The lowest BCUT2D eigenvalue weighted by molar-refractivity contribution is 0.100. The second-order valence-electron chi connectivity index (χ2n) is 7.78. The van der Waals surface area contributed by atoms with Crippen molar-refractivity contribution in [2.24, 2.45) is 5.73 Å². The van der Waals surface area contributed by atoms with Crippen molar-refractivity contribution >= 4 is 5.91 Å². The Labute approximate surface area is 160 Å². The van der Waals surface area contributed by atoms with Crippen LogP contribution in [-0.2, 0) is 0 Å². The molecule has 0 spiro atoms. The molecule has 4 rings (SSSR count). The highest BCUT2D eigenvalue weighted by molar-refractivity contribution is 5.98. The fourth-order valence-corrected chi connectivity index (χ4v) is 4.46. The molecule has 2 fully saturated rings. The highest BCUT2D eigenvalue weighted by Gasteiger charge is 2.26. The predicted octanol–water partition coefficient (Wildman–Crippen LogP) is 2.78. The smallest absolute Gasteiger partial charge is 0.250 e. The molecule has 2 aliphatic heterocycles. The molecule has 4 heterocycles. The SMILES string of the molecule is CN1CCCC1c1ccc(-c2ncc(C3CCCN3C)cc2C(N)=O)nc1. The quantitative estimate of drug-likeness (QED) is 0.902. The van der Waals surface area contributed by atoms with Crippen LogP contribution in [0.2, 0.25) is 0 Å². The normalized spacial score (nSPS) is 23.8. The van der Waals surface area contributed by atoms with Gasteiger partial charge in [0.15, 0.2) is 0 Å². The van der Waals surface area contributed by atoms with E-state index in [4.69, 9.17) is 5.73 Å². The van der Waals surface area contributed by atoms with Gasteiger partial charge in [-0.05, 0) is 76.1 Å². The molecule has 142 valence electrons. The summed E-state index contributed by atoms with van der Waals surface area (Å²) in [6.07, 6.45) is 8.39. The average molecular weight is 365 g/mol. The van der Waals surface area contributed by atoms with E-state index >= 15 is 0 Å². The first-order chi connectivity index (χ1) is 13.0. The summed E-state index contributed by atoms with van der Waals surface area (Å²) in [5.41, 5.74) is 9.65. The molecule has 0 aliphatic carbocycles. The van der Waals surface area contributed by atoms with Crippen molar-refractivity contribution in [3.05, 3.63) is 47.3 Å². The highest BCUT2D eigenvalue weighted by Crippen LogP contribution is 2.33. The van der Waals surface area contributed by atoms with Gasteiger partial charge in [-0.3, -0.25) is 24.6 Å². The molecule has 6 nitrogen and oxygen atoms in total. The Morgan fingerprint density at radius 2 is 1.63 bits per heavy atom. The molecular formula is C21H27N5O. The molecule has 2 aromatic rings. The van der Waals surface area contributed by atoms with E-state index in [1.807, 2.05) is 24.5 Å². The zero-order valence-electron chi connectivity index (χ0n) is 16.1. The Morgan fingerprint density at radius 1 is 1.00 bits per heavy atom. The Hall–Kier alpha value is -2.31. The summed E-state index contributed by atoms with van der Waals surface area (Å²) in [5.74, 6) is -0.457. The number of hydrogen-bond donors (Lipinski definition) is 1. The zero-order chi connectivity index (χ0) is 19.0. The minimum Gasteiger partial charge on any atom is -0.366 e. The molecule has 0 saturated carbocycles. The van der Waals surface area contributed by atoms with Crippen molar-refractivity contribution in [2.75, 3.05) is 27.2 Å². The van der Waals surface area contributed by atoms with Crippen LogP contribution < -0.4 is 5.73 Å². The van der Waals surface area contributed by atoms with E-state index in [0.717, 1.165) is 37.9 Å². The summed E-state index contributed by atoms with van der Waals surface area (Å²) < 4.78 is 0. The third-order valence-electron chi connectivity index (χ3n) is 6.01. The van der Waals surface area contributed by atoms with Crippen molar-refractivity contribution in [1.29, 1.82) is 0 Å². The van der Waals surface area contributed by atoms with Crippen LogP contribution in [0.15, 0.2) is 30.6 Å². The summed E-state index contributed by atoms with van der Waals surface area (Å²) in [6, 6.07) is 6.68. The van der Waals surface area contributed by atoms with Crippen LogP contribution in [0.25, 0.3) is 11.4 Å². The molecule has 2 aliphatic rings. The lowest BCUT2D eigenvalue weighted by Gasteiger charge is -2.21. The summed E-state index contributed by atoms with van der Waals surface area (Å²) in [6.45, 7) is 2.19.